The molecule has 30 heavy (non-hydrogen) atoms. The molecule has 0 aliphatic carbocycles. The highest BCUT2D eigenvalue weighted by atomic mass is 32.2. The summed E-state index contributed by atoms with van der Waals surface area (Å²) >= 11 is 0. The van der Waals surface area contributed by atoms with Crippen molar-refractivity contribution < 1.29 is 17.9 Å². The highest BCUT2D eigenvalue weighted by Crippen LogP contribution is 2.16. The van der Waals surface area contributed by atoms with E-state index >= 15 is 0 Å². The number of para-hydroxylation sites is 2. The highest BCUT2D eigenvalue weighted by molar-refractivity contribution is 7.89. The second-order valence-corrected chi connectivity index (χ2v) is 8.83. The molecule has 9 heteroatoms. The molecule has 3 aromatic rings. The molecular weight excluding hydrogens is 406 g/mol. The van der Waals surface area contributed by atoms with Crippen molar-refractivity contribution in [2.75, 3.05) is 13.2 Å². The van der Waals surface area contributed by atoms with Crippen LogP contribution in [0.3, 0.4) is 0 Å². The summed E-state index contributed by atoms with van der Waals surface area (Å²) < 4.78 is 34.0. The number of aromatic nitrogens is 2. The number of H-pyrrole nitrogens is 1. The quantitative estimate of drug-likeness (QED) is 0.399. The first-order chi connectivity index (χ1) is 14.3. The molecular formula is C21H25N3O5S. The Balaban J connectivity index is 1.43. The van der Waals surface area contributed by atoms with E-state index in [1.54, 1.807) is 23.6 Å². The Morgan fingerprint density at radius 2 is 1.93 bits per heavy atom. The van der Waals surface area contributed by atoms with E-state index in [-0.39, 0.29) is 30.2 Å². The van der Waals surface area contributed by atoms with Gasteiger partial charge in [-0.05, 0) is 49.6 Å². The minimum atomic E-state index is -3.69. The number of nitrogens with zero attached hydrogens (tertiary/aromatic N) is 1. The minimum Gasteiger partial charge on any atom is -0.466 e. The number of imidazole rings is 1. The first kappa shape index (κ1) is 21.8. The summed E-state index contributed by atoms with van der Waals surface area (Å²) in [6, 6.07) is 12.6. The topological polar surface area (TPSA) is 110 Å². The van der Waals surface area contributed by atoms with Crippen LogP contribution in [0.25, 0.3) is 11.0 Å². The van der Waals surface area contributed by atoms with Crippen molar-refractivity contribution in [2.24, 2.45) is 0 Å². The van der Waals surface area contributed by atoms with E-state index in [1.807, 2.05) is 37.3 Å². The van der Waals surface area contributed by atoms with Crippen molar-refractivity contribution in [3.8, 4) is 0 Å². The van der Waals surface area contributed by atoms with E-state index in [2.05, 4.69) is 9.71 Å². The molecule has 0 atom stereocenters. The Morgan fingerprint density at radius 3 is 2.73 bits per heavy atom. The van der Waals surface area contributed by atoms with E-state index in [0.29, 0.717) is 18.5 Å². The molecule has 0 fully saturated rings. The van der Waals surface area contributed by atoms with E-state index in [0.717, 1.165) is 16.6 Å². The second-order valence-electron chi connectivity index (χ2n) is 7.09. The average molecular weight is 432 g/mol. The number of aryl methyl sites for hydroxylation is 3. The molecule has 1 heterocycles. The molecule has 0 bridgehead atoms. The fourth-order valence-electron chi connectivity index (χ4n) is 3.17. The van der Waals surface area contributed by atoms with Crippen LogP contribution in [0.5, 0.6) is 0 Å². The maximum Gasteiger partial charge on any atom is 0.326 e. The summed E-state index contributed by atoms with van der Waals surface area (Å²) in [4.78, 5) is 26.9. The number of sulfonamides is 1. The Morgan fingerprint density at radius 1 is 1.17 bits per heavy atom. The number of fused-ring (bicyclic) bond motifs is 1. The van der Waals surface area contributed by atoms with Gasteiger partial charge in [0, 0.05) is 13.1 Å². The fourth-order valence-corrected chi connectivity index (χ4v) is 4.53. The molecule has 0 saturated heterocycles. The van der Waals surface area contributed by atoms with Crippen LogP contribution >= 0.6 is 0 Å². The number of carbonyl (C=O) groups is 1. The van der Waals surface area contributed by atoms with Crippen molar-refractivity contribution in [1.82, 2.24) is 14.3 Å². The van der Waals surface area contributed by atoms with Gasteiger partial charge in [0.25, 0.3) is 0 Å². The van der Waals surface area contributed by atoms with Gasteiger partial charge < -0.3 is 9.72 Å². The molecule has 0 amide bonds. The number of carbonyl (C=O) groups excluding carboxylic acids is 1. The first-order valence-corrected chi connectivity index (χ1v) is 11.2. The van der Waals surface area contributed by atoms with Gasteiger partial charge in [-0.2, -0.15) is 0 Å². The van der Waals surface area contributed by atoms with Gasteiger partial charge in [0.1, 0.15) is 0 Å². The number of esters is 1. The second kappa shape index (κ2) is 9.27. The lowest BCUT2D eigenvalue weighted by Gasteiger charge is -2.10. The number of hydrogen-bond acceptors (Lipinski definition) is 5. The predicted octanol–water partition coefficient (Wildman–Crippen LogP) is 2.25. The third-order valence-corrected chi connectivity index (χ3v) is 6.33. The molecule has 0 spiro atoms. The van der Waals surface area contributed by atoms with Gasteiger partial charge in [0.15, 0.2) is 0 Å². The summed E-state index contributed by atoms with van der Waals surface area (Å²) in [5, 5.41) is 0. The van der Waals surface area contributed by atoms with Gasteiger partial charge in [0.2, 0.25) is 10.0 Å². The van der Waals surface area contributed by atoms with Crippen LogP contribution in [0.2, 0.25) is 0 Å². The van der Waals surface area contributed by atoms with E-state index in [1.165, 1.54) is 0 Å². The molecule has 0 aliphatic heterocycles. The molecule has 0 saturated carbocycles. The summed E-state index contributed by atoms with van der Waals surface area (Å²) in [5.41, 5.74) is 2.84. The molecule has 1 aromatic heterocycles. The van der Waals surface area contributed by atoms with Gasteiger partial charge in [-0.1, -0.05) is 24.3 Å². The zero-order valence-electron chi connectivity index (χ0n) is 17.0. The van der Waals surface area contributed by atoms with Crippen molar-refractivity contribution in [3.05, 3.63) is 64.1 Å². The predicted molar refractivity (Wildman–Crippen MR) is 114 cm³/mol. The van der Waals surface area contributed by atoms with Crippen molar-refractivity contribution in [1.29, 1.82) is 0 Å². The Bertz CT molecular complexity index is 1210. The van der Waals surface area contributed by atoms with Crippen molar-refractivity contribution in [3.63, 3.8) is 0 Å². The van der Waals surface area contributed by atoms with Crippen LogP contribution in [0.15, 0.2) is 52.2 Å². The van der Waals surface area contributed by atoms with Crippen molar-refractivity contribution >= 4 is 27.0 Å². The van der Waals surface area contributed by atoms with Gasteiger partial charge in [-0.25, -0.2) is 17.9 Å². The Labute approximate surface area is 174 Å². The smallest absolute Gasteiger partial charge is 0.326 e. The van der Waals surface area contributed by atoms with Gasteiger partial charge in [-0.15, -0.1) is 0 Å². The number of aromatic amines is 1. The summed E-state index contributed by atoms with van der Waals surface area (Å²) in [7, 11) is -3.69. The maximum atomic E-state index is 12.4. The molecule has 2 N–H and O–H groups in total. The van der Waals surface area contributed by atoms with Gasteiger partial charge >= 0.3 is 11.7 Å². The number of hydrogen-bond donors (Lipinski definition) is 2. The molecule has 160 valence electrons. The van der Waals surface area contributed by atoms with Crippen molar-refractivity contribution in [2.45, 2.75) is 38.1 Å². The molecule has 0 aliphatic rings. The van der Waals surface area contributed by atoms with E-state index in [4.69, 9.17) is 4.74 Å². The van der Waals surface area contributed by atoms with E-state index < -0.39 is 16.0 Å². The number of benzene rings is 2. The summed E-state index contributed by atoms with van der Waals surface area (Å²) in [5.74, 6) is -0.495. The molecule has 0 radical (unpaired) electrons. The zero-order valence-corrected chi connectivity index (χ0v) is 17.8. The van der Waals surface area contributed by atoms with Gasteiger partial charge in [-0.3, -0.25) is 9.36 Å². The molecule has 0 unspecified atom stereocenters. The molecule has 8 nitrogen and oxygen atoms in total. The SMILES string of the molecule is Cc1ccc(C)c(S(=O)(=O)NCCC(=O)OCCCn2c(=O)[nH]c3ccccc32)c1. The largest absolute Gasteiger partial charge is 0.466 e. The Hall–Kier alpha value is -2.91. The number of ether oxygens (including phenoxy) is 1. The molecule has 3 rings (SSSR count). The maximum absolute atomic E-state index is 12.4. The third kappa shape index (κ3) is 5.17. The van der Waals surface area contributed by atoms with Crippen LogP contribution in [0.4, 0.5) is 0 Å². The van der Waals surface area contributed by atoms with Crippen LogP contribution in [-0.2, 0) is 26.1 Å². The minimum absolute atomic E-state index is 0.0452. The van der Waals surface area contributed by atoms with Crippen LogP contribution < -0.4 is 10.4 Å². The average Bonchev–Trinajstić information content (AvgIpc) is 3.02. The van der Waals surface area contributed by atoms with E-state index in [9.17, 15) is 18.0 Å². The normalized spacial score (nSPS) is 11.7. The lowest BCUT2D eigenvalue weighted by Crippen LogP contribution is -2.27. The lowest BCUT2D eigenvalue weighted by molar-refractivity contribution is -0.143. The summed E-state index contributed by atoms with van der Waals surface area (Å²) in [6.07, 6.45) is 0.402. The zero-order chi connectivity index (χ0) is 21.7. The number of nitrogens with one attached hydrogen (secondary N) is 2. The summed E-state index contributed by atoms with van der Waals surface area (Å²) in [6.45, 7) is 4.06. The standard InChI is InChI=1S/C21H25N3O5S/c1-15-8-9-16(2)19(14-15)30(27,28)22-11-10-20(25)29-13-5-12-24-18-7-4-3-6-17(18)23-21(24)26/h3-4,6-9,14,22H,5,10-13H2,1-2H3,(H,23,26). The highest BCUT2D eigenvalue weighted by Gasteiger charge is 2.17. The van der Waals surface area contributed by atoms with Crippen LogP contribution in [-0.4, -0.2) is 37.1 Å². The fraction of sp³-hybridized carbons (Fsp3) is 0.333. The first-order valence-electron chi connectivity index (χ1n) is 9.68. The third-order valence-electron chi connectivity index (χ3n) is 4.73. The van der Waals surface area contributed by atoms with Crippen LogP contribution in [0, 0.1) is 13.8 Å². The number of rotatable bonds is 9. The Kier molecular flexibility index (Phi) is 6.73. The van der Waals surface area contributed by atoms with Gasteiger partial charge in [0.05, 0.1) is 29.0 Å². The molecule has 2 aromatic carbocycles. The lowest BCUT2D eigenvalue weighted by atomic mass is 10.2. The van der Waals surface area contributed by atoms with Crippen LogP contribution in [0.1, 0.15) is 24.0 Å². The monoisotopic (exact) mass is 431 g/mol.